The topological polar surface area (TPSA) is 87.0 Å². The molecule has 0 saturated carbocycles. The van der Waals surface area contributed by atoms with Crippen LogP contribution < -0.4 is 4.74 Å². The van der Waals surface area contributed by atoms with Crippen LogP contribution in [-0.2, 0) is 4.79 Å². The van der Waals surface area contributed by atoms with Gasteiger partial charge in [0.15, 0.2) is 0 Å². The number of hydrogen-bond acceptors (Lipinski definition) is 5. The second-order valence-electron chi connectivity index (χ2n) is 9.93. The van der Waals surface area contributed by atoms with Gasteiger partial charge in [0.25, 0.3) is 0 Å². The molecule has 0 radical (unpaired) electrons. The number of esters is 1. The van der Waals surface area contributed by atoms with Crippen molar-refractivity contribution in [3.8, 4) is 23.0 Å². The predicted octanol–water partition coefficient (Wildman–Crippen LogP) is 8.55. The van der Waals surface area contributed by atoms with Crippen LogP contribution in [0, 0.1) is 5.41 Å². The first-order valence-corrected chi connectivity index (χ1v) is 13.0. The molecule has 2 unspecified atom stereocenters. The minimum Gasteiger partial charge on any atom is -0.508 e. The maximum Gasteiger partial charge on any atom is 0.316 e. The zero-order chi connectivity index (χ0) is 28.0. The van der Waals surface area contributed by atoms with Gasteiger partial charge in [-0.2, -0.15) is 0 Å². The summed E-state index contributed by atoms with van der Waals surface area (Å²) in [4.78, 5) is 11.7. The summed E-state index contributed by atoms with van der Waals surface area (Å²) in [5, 5.41) is 27.2. The van der Waals surface area contributed by atoms with E-state index in [-0.39, 0.29) is 11.7 Å². The second-order valence-corrected chi connectivity index (χ2v) is 9.93. The van der Waals surface area contributed by atoms with Crippen LogP contribution in [0.1, 0.15) is 90.7 Å². The molecule has 5 nitrogen and oxygen atoms in total. The van der Waals surface area contributed by atoms with Gasteiger partial charge >= 0.3 is 5.97 Å². The Kier molecular flexibility index (Phi) is 13.3. The zero-order valence-corrected chi connectivity index (χ0v) is 23.4. The Labute approximate surface area is 222 Å². The summed E-state index contributed by atoms with van der Waals surface area (Å²) in [6.45, 7) is 14.3. The van der Waals surface area contributed by atoms with E-state index in [4.69, 9.17) is 20.1 Å². The predicted molar refractivity (Wildman–Crippen MR) is 151 cm³/mol. The summed E-state index contributed by atoms with van der Waals surface area (Å²) >= 11 is 0. The SMILES string of the molecule is CCC(C)(C)C(=O)Oc1ccc(O)cc1.CCC(C)c1ccc(O)cc1.CCC(C)c1cccc(O)c1. The van der Waals surface area contributed by atoms with Crippen LogP contribution in [0.25, 0.3) is 0 Å². The molecule has 5 heteroatoms. The van der Waals surface area contributed by atoms with E-state index < -0.39 is 5.41 Å². The lowest BCUT2D eigenvalue weighted by molar-refractivity contribution is -0.144. The minimum atomic E-state index is -0.474. The lowest BCUT2D eigenvalue weighted by atomic mass is 9.91. The Morgan fingerprint density at radius 1 is 0.730 bits per heavy atom. The Morgan fingerprint density at radius 2 is 1.22 bits per heavy atom. The van der Waals surface area contributed by atoms with E-state index in [1.54, 1.807) is 30.3 Å². The molecule has 0 amide bonds. The van der Waals surface area contributed by atoms with E-state index >= 15 is 0 Å². The van der Waals surface area contributed by atoms with Crippen molar-refractivity contribution in [1.29, 1.82) is 0 Å². The number of ether oxygens (including phenoxy) is 1. The molecule has 202 valence electrons. The van der Waals surface area contributed by atoms with Gasteiger partial charge in [-0.1, -0.05) is 58.9 Å². The molecule has 2 atom stereocenters. The molecule has 0 aliphatic rings. The molecule has 0 bridgehead atoms. The fraction of sp³-hybridized carbons (Fsp3) is 0.406. The van der Waals surface area contributed by atoms with E-state index in [0.717, 1.165) is 19.3 Å². The van der Waals surface area contributed by atoms with Gasteiger partial charge in [0, 0.05) is 0 Å². The average Bonchev–Trinajstić information content (AvgIpc) is 2.90. The number of phenolic OH excluding ortho intramolecular Hbond substituents is 3. The molecule has 0 fully saturated rings. The zero-order valence-electron chi connectivity index (χ0n) is 23.4. The summed E-state index contributed by atoms with van der Waals surface area (Å²) < 4.78 is 5.18. The largest absolute Gasteiger partial charge is 0.508 e. The average molecular weight is 509 g/mol. The normalized spacial score (nSPS) is 12.2. The van der Waals surface area contributed by atoms with Gasteiger partial charge in [0.2, 0.25) is 0 Å². The summed E-state index contributed by atoms with van der Waals surface area (Å²) in [6, 6.07) is 21.0. The third kappa shape index (κ3) is 11.4. The van der Waals surface area contributed by atoms with Crippen LogP contribution >= 0.6 is 0 Å². The van der Waals surface area contributed by atoms with E-state index in [0.29, 0.717) is 29.1 Å². The molecular weight excluding hydrogens is 464 g/mol. The Balaban J connectivity index is 0.000000283. The second kappa shape index (κ2) is 15.6. The third-order valence-corrected chi connectivity index (χ3v) is 6.61. The Hall–Kier alpha value is -3.47. The molecule has 0 heterocycles. The molecule has 3 N–H and O–H groups in total. The highest BCUT2D eigenvalue weighted by molar-refractivity contribution is 5.78. The van der Waals surface area contributed by atoms with E-state index in [1.807, 2.05) is 51.1 Å². The Bertz CT molecular complexity index is 1060. The number of benzene rings is 3. The van der Waals surface area contributed by atoms with E-state index in [1.165, 1.54) is 23.3 Å². The van der Waals surface area contributed by atoms with Crippen molar-refractivity contribution in [1.82, 2.24) is 0 Å². The monoisotopic (exact) mass is 508 g/mol. The fourth-order valence-corrected chi connectivity index (χ4v) is 3.01. The van der Waals surface area contributed by atoms with Crippen molar-refractivity contribution in [3.05, 3.63) is 83.9 Å². The summed E-state index contributed by atoms with van der Waals surface area (Å²) in [5.41, 5.74) is 2.04. The van der Waals surface area contributed by atoms with Crippen molar-refractivity contribution in [2.45, 2.75) is 79.6 Å². The smallest absolute Gasteiger partial charge is 0.316 e. The van der Waals surface area contributed by atoms with Crippen LogP contribution in [0.3, 0.4) is 0 Å². The van der Waals surface area contributed by atoms with E-state index in [2.05, 4.69) is 27.7 Å². The van der Waals surface area contributed by atoms with Crippen molar-refractivity contribution < 1.29 is 24.9 Å². The molecule has 0 aliphatic heterocycles. The van der Waals surface area contributed by atoms with Crippen LogP contribution in [-0.4, -0.2) is 21.3 Å². The molecule has 3 aromatic rings. The molecule has 0 spiro atoms. The first kappa shape index (κ1) is 31.6. The van der Waals surface area contributed by atoms with Crippen LogP contribution in [0.4, 0.5) is 0 Å². The highest BCUT2D eigenvalue weighted by Crippen LogP contribution is 2.25. The van der Waals surface area contributed by atoms with Crippen LogP contribution in [0.5, 0.6) is 23.0 Å². The fourth-order valence-electron chi connectivity index (χ4n) is 3.01. The summed E-state index contributed by atoms with van der Waals surface area (Å²) in [7, 11) is 0. The first-order chi connectivity index (χ1) is 17.4. The van der Waals surface area contributed by atoms with Gasteiger partial charge in [-0.25, -0.2) is 0 Å². The number of carbonyl (C=O) groups excluding carboxylic acids is 1. The van der Waals surface area contributed by atoms with E-state index in [9.17, 15) is 4.79 Å². The third-order valence-electron chi connectivity index (χ3n) is 6.61. The highest BCUT2D eigenvalue weighted by Gasteiger charge is 2.27. The standard InChI is InChI=1S/C12H16O3.2C10H14O/c1-4-12(2,3)11(14)15-10-7-5-9(13)6-8-10;1-3-8(2)9-4-6-10(11)7-5-9;1-3-8(2)9-5-4-6-10(11)7-9/h5-8,13H,4H2,1-3H3;2*4-8,11H,3H2,1-2H3. The van der Waals surface area contributed by atoms with Crippen molar-refractivity contribution in [2.24, 2.45) is 5.41 Å². The van der Waals surface area contributed by atoms with Crippen molar-refractivity contribution in [3.63, 3.8) is 0 Å². The number of hydrogen-bond donors (Lipinski definition) is 3. The van der Waals surface area contributed by atoms with Crippen molar-refractivity contribution >= 4 is 5.97 Å². The van der Waals surface area contributed by atoms with Gasteiger partial charge in [-0.3, -0.25) is 4.79 Å². The van der Waals surface area contributed by atoms with Gasteiger partial charge in [0.1, 0.15) is 23.0 Å². The van der Waals surface area contributed by atoms with Gasteiger partial charge in [0.05, 0.1) is 5.41 Å². The quantitative estimate of drug-likeness (QED) is 0.220. The maximum absolute atomic E-state index is 11.7. The number of phenols is 3. The molecule has 0 aliphatic carbocycles. The van der Waals surface area contributed by atoms with Crippen LogP contribution in [0.15, 0.2) is 72.8 Å². The maximum atomic E-state index is 11.7. The number of aromatic hydroxyl groups is 3. The first-order valence-electron chi connectivity index (χ1n) is 13.0. The number of rotatable bonds is 7. The lowest BCUT2D eigenvalue weighted by Crippen LogP contribution is -2.28. The molecular formula is C32H44O5. The van der Waals surface area contributed by atoms with Crippen LogP contribution in [0.2, 0.25) is 0 Å². The summed E-state index contributed by atoms with van der Waals surface area (Å²) in [5.74, 6) is 2.21. The molecule has 0 saturated heterocycles. The lowest BCUT2D eigenvalue weighted by Gasteiger charge is -2.19. The summed E-state index contributed by atoms with van der Waals surface area (Å²) in [6.07, 6.45) is 2.98. The minimum absolute atomic E-state index is 0.157. The number of carbonyl (C=O) groups is 1. The molecule has 0 aromatic heterocycles. The van der Waals surface area contributed by atoms with Gasteiger partial charge in [-0.05, 0) is 105 Å². The highest BCUT2D eigenvalue weighted by atomic mass is 16.5. The molecule has 3 rings (SSSR count). The molecule has 3 aromatic carbocycles. The van der Waals surface area contributed by atoms with Crippen molar-refractivity contribution in [2.75, 3.05) is 0 Å². The van der Waals surface area contributed by atoms with Gasteiger partial charge in [-0.15, -0.1) is 0 Å². The van der Waals surface area contributed by atoms with Gasteiger partial charge < -0.3 is 20.1 Å². The Morgan fingerprint density at radius 3 is 1.68 bits per heavy atom. The molecule has 37 heavy (non-hydrogen) atoms.